The van der Waals surface area contributed by atoms with Crippen LogP contribution in [0.1, 0.15) is 26.3 Å². The van der Waals surface area contributed by atoms with Crippen molar-refractivity contribution in [3.8, 4) is 0 Å². The molecular formula is C19H24O9. The molecule has 1 unspecified atom stereocenters. The van der Waals surface area contributed by atoms with E-state index in [0.717, 1.165) is 5.56 Å². The Morgan fingerprint density at radius 2 is 1.54 bits per heavy atom. The third-order valence-electron chi connectivity index (χ3n) is 3.95. The lowest BCUT2D eigenvalue weighted by molar-refractivity contribution is -0.303. The van der Waals surface area contributed by atoms with Crippen molar-refractivity contribution < 1.29 is 43.2 Å². The molecule has 154 valence electrons. The van der Waals surface area contributed by atoms with Crippen LogP contribution in [0, 0.1) is 0 Å². The van der Waals surface area contributed by atoms with Gasteiger partial charge in [0.25, 0.3) is 0 Å². The molecule has 1 aromatic carbocycles. The summed E-state index contributed by atoms with van der Waals surface area (Å²) in [5, 5.41) is 10.4. The zero-order valence-electron chi connectivity index (χ0n) is 15.9. The van der Waals surface area contributed by atoms with E-state index < -0.39 is 48.6 Å². The van der Waals surface area contributed by atoms with Gasteiger partial charge >= 0.3 is 17.9 Å². The van der Waals surface area contributed by atoms with Gasteiger partial charge in [0.1, 0.15) is 18.8 Å². The zero-order valence-corrected chi connectivity index (χ0v) is 15.9. The Morgan fingerprint density at radius 3 is 2.11 bits per heavy atom. The van der Waals surface area contributed by atoms with Crippen molar-refractivity contribution in [2.75, 3.05) is 6.61 Å². The number of hydrogen-bond donors (Lipinski definition) is 1. The first kappa shape index (κ1) is 21.8. The van der Waals surface area contributed by atoms with Gasteiger partial charge in [-0.3, -0.25) is 14.4 Å². The van der Waals surface area contributed by atoms with Crippen LogP contribution in [-0.4, -0.2) is 60.3 Å². The number of ether oxygens (including phenoxy) is 5. The van der Waals surface area contributed by atoms with Gasteiger partial charge in [-0.05, 0) is 5.56 Å². The van der Waals surface area contributed by atoms with Gasteiger partial charge in [0.05, 0.1) is 6.61 Å². The molecule has 1 aliphatic heterocycles. The van der Waals surface area contributed by atoms with E-state index in [0.29, 0.717) is 0 Å². The highest BCUT2D eigenvalue weighted by atomic mass is 16.7. The number of carbonyl (C=O) groups is 3. The quantitative estimate of drug-likeness (QED) is 0.525. The summed E-state index contributed by atoms with van der Waals surface area (Å²) in [6.45, 7) is 3.37. The molecule has 9 nitrogen and oxygen atoms in total. The Hall–Kier alpha value is -2.49. The highest BCUT2D eigenvalue weighted by Gasteiger charge is 2.50. The van der Waals surface area contributed by atoms with Crippen molar-refractivity contribution in [2.45, 2.75) is 58.1 Å². The van der Waals surface area contributed by atoms with Crippen LogP contribution in [0.3, 0.4) is 0 Å². The Bertz CT molecular complexity index is 675. The van der Waals surface area contributed by atoms with Crippen LogP contribution in [0.15, 0.2) is 30.3 Å². The van der Waals surface area contributed by atoms with Gasteiger partial charge in [0, 0.05) is 20.8 Å². The number of carbonyl (C=O) groups excluding carboxylic acids is 3. The molecule has 5 atom stereocenters. The summed E-state index contributed by atoms with van der Waals surface area (Å²) in [7, 11) is 0. The molecule has 0 radical (unpaired) electrons. The molecule has 0 amide bonds. The van der Waals surface area contributed by atoms with Gasteiger partial charge in [-0.1, -0.05) is 30.3 Å². The van der Waals surface area contributed by atoms with E-state index in [4.69, 9.17) is 23.7 Å². The smallest absolute Gasteiger partial charge is 0.303 e. The Balaban J connectivity index is 2.22. The maximum atomic E-state index is 11.6. The number of rotatable bonds is 7. The number of esters is 3. The van der Waals surface area contributed by atoms with Crippen LogP contribution in [0.4, 0.5) is 0 Å². The summed E-state index contributed by atoms with van der Waals surface area (Å²) < 4.78 is 26.6. The molecule has 1 fully saturated rings. The summed E-state index contributed by atoms with van der Waals surface area (Å²) in [6.07, 6.45) is -5.95. The maximum Gasteiger partial charge on any atom is 0.303 e. The van der Waals surface area contributed by atoms with Crippen LogP contribution in [-0.2, 0) is 44.7 Å². The van der Waals surface area contributed by atoms with Gasteiger partial charge in [0.2, 0.25) is 0 Å². The average Bonchev–Trinajstić information content (AvgIpc) is 2.62. The molecule has 1 heterocycles. The Labute approximate surface area is 162 Å². The van der Waals surface area contributed by atoms with E-state index in [1.807, 2.05) is 30.3 Å². The second-order valence-electron chi connectivity index (χ2n) is 6.28. The SMILES string of the molecule is CC(=O)OC[C@H]1OC(O)[C@H](OCc2ccccc2)[C@@H](OC(C)=O)[C@@H]1OC(C)=O. The van der Waals surface area contributed by atoms with E-state index >= 15 is 0 Å². The fraction of sp³-hybridized carbons (Fsp3) is 0.526. The van der Waals surface area contributed by atoms with Crippen LogP contribution in [0.2, 0.25) is 0 Å². The standard InChI is InChI=1S/C19H24O9/c1-11(20)24-10-15-16(26-12(2)21)17(27-13(3)22)18(19(23)28-15)25-9-14-7-5-4-6-8-14/h4-8,15-19,23H,9-10H2,1-3H3/t15-,16-,17+,18-,19?/m1/s1. The molecule has 0 spiro atoms. The van der Waals surface area contributed by atoms with Crippen molar-refractivity contribution in [3.05, 3.63) is 35.9 Å². The number of hydrogen-bond acceptors (Lipinski definition) is 9. The third-order valence-corrected chi connectivity index (χ3v) is 3.95. The van der Waals surface area contributed by atoms with Crippen LogP contribution in [0.5, 0.6) is 0 Å². The van der Waals surface area contributed by atoms with Crippen LogP contribution >= 0.6 is 0 Å². The molecule has 1 N–H and O–H groups in total. The van der Waals surface area contributed by atoms with Crippen molar-refractivity contribution >= 4 is 17.9 Å². The fourth-order valence-corrected chi connectivity index (χ4v) is 2.83. The summed E-state index contributed by atoms with van der Waals surface area (Å²) in [5.41, 5.74) is 0.822. The number of aliphatic hydroxyl groups is 1. The lowest BCUT2D eigenvalue weighted by Crippen LogP contribution is -2.62. The van der Waals surface area contributed by atoms with Crippen molar-refractivity contribution in [2.24, 2.45) is 0 Å². The molecule has 1 saturated heterocycles. The summed E-state index contributed by atoms with van der Waals surface area (Å²) in [6, 6.07) is 9.15. The minimum atomic E-state index is -1.50. The topological polar surface area (TPSA) is 118 Å². The second-order valence-corrected chi connectivity index (χ2v) is 6.28. The first-order chi connectivity index (χ1) is 13.3. The lowest BCUT2D eigenvalue weighted by atomic mass is 9.98. The molecule has 28 heavy (non-hydrogen) atoms. The minimum Gasteiger partial charge on any atom is -0.463 e. The first-order valence-electron chi connectivity index (χ1n) is 8.74. The lowest BCUT2D eigenvalue weighted by Gasteiger charge is -2.43. The predicted octanol–water partition coefficient (Wildman–Crippen LogP) is 0.715. The zero-order chi connectivity index (χ0) is 20.7. The van der Waals surface area contributed by atoms with E-state index in [2.05, 4.69) is 0 Å². The number of benzene rings is 1. The van der Waals surface area contributed by atoms with Crippen molar-refractivity contribution in [1.29, 1.82) is 0 Å². The monoisotopic (exact) mass is 396 g/mol. The summed E-state index contributed by atoms with van der Waals surface area (Å²) >= 11 is 0. The van der Waals surface area contributed by atoms with E-state index in [9.17, 15) is 19.5 Å². The van der Waals surface area contributed by atoms with Crippen LogP contribution in [0.25, 0.3) is 0 Å². The van der Waals surface area contributed by atoms with E-state index in [1.54, 1.807) is 0 Å². The summed E-state index contributed by atoms with van der Waals surface area (Å²) in [4.78, 5) is 34.3. The Kier molecular flexibility index (Phi) is 7.91. The van der Waals surface area contributed by atoms with Crippen molar-refractivity contribution in [3.63, 3.8) is 0 Å². The highest BCUT2D eigenvalue weighted by molar-refractivity contribution is 5.67. The van der Waals surface area contributed by atoms with Gasteiger partial charge in [-0.15, -0.1) is 0 Å². The molecular weight excluding hydrogens is 372 g/mol. The molecule has 2 rings (SSSR count). The van der Waals surface area contributed by atoms with Crippen molar-refractivity contribution in [1.82, 2.24) is 0 Å². The maximum absolute atomic E-state index is 11.6. The Morgan fingerprint density at radius 1 is 0.929 bits per heavy atom. The van der Waals surface area contributed by atoms with Gasteiger partial charge in [-0.25, -0.2) is 0 Å². The molecule has 0 aliphatic carbocycles. The van der Waals surface area contributed by atoms with Gasteiger partial charge in [-0.2, -0.15) is 0 Å². The highest BCUT2D eigenvalue weighted by Crippen LogP contribution is 2.28. The van der Waals surface area contributed by atoms with Crippen LogP contribution < -0.4 is 0 Å². The van der Waals surface area contributed by atoms with E-state index in [1.165, 1.54) is 20.8 Å². The molecule has 0 saturated carbocycles. The molecule has 9 heteroatoms. The van der Waals surface area contributed by atoms with Gasteiger partial charge < -0.3 is 28.8 Å². The van der Waals surface area contributed by atoms with Gasteiger partial charge in [0.15, 0.2) is 18.5 Å². The minimum absolute atomic E-state index is 0.102. The fourth-order valence-electron chi connectivity index (χ4n) is 2.83. The second kappa shape index (κ2) is 10.2. The summed E-state index contributed by atoms with van der Waals surface area (Å²) in [5.74, 6) is -1.89. The predicted molar refractivity (Wildman–Crippen MR) is 93.6 cm³/mol. The molecule has 1 aliphatic rings. The molecule has 0 bridgehead atoms. The largest absolute Gasteiger partial charge is 0.463 e. The molecule has 1 aromatic rings. The van der Waals surface area contributed by atoms with E-state index in [-0.39, 0.29) is 13.2 Å². The molecule has 0 aromatic heterocycles. The average molecular weight is 396 g/mol. The number of aliphatic hydroxyl groups excluding tert-OH is 1. The third kappa shape index (κ3) is 6.29. The normalized spacial score (nSPS) is 26.9. The first-order valence-corrected chi connectivity index (χ1v) is 8.74.